The van der Waals surface area contributed by atoms with Crippen LogP contribution in [0.25, 0.3) is 0 Å². The first kappa shape index (κ1) is 22.0. The second kappa shape index (κ2) is 13.4. The molecule has 1 aromatic carbocycles. The molecule has 5 nitrogen and oxygen atoms in total. The van der Waals surface area contributed by atoms with Gasteiger partial charge in [-0.25, -0.2) is 0 Å². The molecule has 23 heavy (non-hydrogen) atoms. The van der Waals surface area contributed by atoms with Crippen molar-refractivity contribution in [1.29, 1.82) is 0 Å². The molecule has 0 bridgehead atoms. The van der Waals surface area contributed by atoms with Crippen LogP contribution in [-0.4, -0.2) is 53.4 Å². The number of nitrogens with one attached hydrogen (secondary N) is 2. The lowest BCUT2D eigenvalue weighted by molar-refractivity contribution is 0.152. The van der Waals surface area contributed by atoms with Crippen LogP contribution < -0.4 is 15.5 Å². The molecule has 1 aromatic rings. The maximum atomic E-state index is 5.29. The summed E-state index contributed by atoms with van der Waals surface area (Å²) in [5.41, 5.74) is 2.60. The molecule has 0 aromatic heterocycles. The molecular weight excluding hydrogens is 403 g/mol. The summed E-state index contributed by atoms with van der Waals surface area (Å²) in [5.74, 6) is 0.836. The predicted molar refractivity (Wildman–Crippen MR) is 110 cm³/mol. The Hall–Kier alpha value is -1.02. The van der Waals surface area contributed by atoms with E-state index in [0.717, 1.165) is 38.5 Å². The van der Waals surface area contributed by atoms with Gasteiger partial charge < -0.3 is 20.3 Å². The highest BCUT2D eigenvalue weighted by Crippen LogP contribution is 2.13. The summed E-state index contributed by atoms with van der Waals surface area (Å²) in [6, 6.07) is 8.73. The lowest BCUT2D eigenvalue weighted by Crippen LogP contribution is -2.39. The van der Waals surface area contributed by atoms with Crippen LogP contribution in [0.4, 0.5) is 5.69 Å². The molecule has 0 atom stereocenters. The fourth-order valence-electron chi connectivity index (χ4n) is 2.07. The first-order valence-electron chi connectivity index (χ1n) is 7.96. The maximum absolute atomic E-state index is 5.29. The highest BCUT2D eigenvalue weighted by molar-refractivity contribution is 14.0. The Balaban J connectivity index is 0.00000484. The van der Waals surface area contributed by atoms with Gasteiger partial charge >= 0.3 is 0 Å². The minimum absolute atomic E-state index is 0. The van der Waals surface area contributed by atoms with E-state index < -0.39 is 0 Å². The number of halogens is 1. The number of rotatable bonds is 9. The molecule has 0 aliphatic carbocycles. The molecule has 0 fully saturated rings. The van der Waals surface area contributed by atoms with E-state index in [9.17, 15) is 0 Å². The van der Waals surface area contributed by atoms with Crippen molar-refractivity contribution in [2.45, 2.75) is 19.8 Å². The van der Waals surface area contributed by atoms with Crippen LogP contribution >= 0.6 is 24.0 Å². The molecule has 0 radical (unpaired) electrons. The average molecular weight is 434 g/mol. The SMILES string of the molecule is CCOCCNC(=NC)NCCCc1ccc(N(C)C)cc1.I. The summed E-state index contributed by atoms with van der Waals surface area (Å²) >= 11 is 0. The zero-order valence-electron chi connectivity index (χ0n) is 14.8. The van der Waals surface area contributed by atoms with Crippen molar-refractivity contribution in [2.75, 3.05) is 52.3 Å². The van der Waals surface area contributed by atoms with E-state index in [1.165, 1.54) is 11.3 Å². The lowest BCUT2D eigenvalue weighted by atomic mass is 10.1. The second-order valence-electron chi connectivity index (χ2n) is 5.29. The third-order valence-corrected chi connectivity index (χ3v) is 3.35. The summed E-state index contributed by atoms with van der Waals surface area (Å²) in [7, 11) is 5.90. The molecule has 0 saturated carbocycles. The zero-order chi connectivity index (χ0) is 16.2. The highest BCUT2D eigenvalue weighted by Gasteiger charge is 1.99. The molecular formula is C17H31IN4O. The molecule has 0 aliphatic rings. The Morgan fingerprint density at radius 1 is 1.13 bits per heavy atom. The van der Waals surface area contributed by atoms with E-state index in [-0.39, 0.29) is 24.0 Å². The first-order chi connectivity index (χ1) is 10.7. The first-order valence-corrected chi connectivity index (χ1v) is 7.96. The van der Waals surface area contributed by atoms with Crippen LogP contribution in [0.5, 0.6) is 0 Å². The van der Waals surface area contributed by atoms with Crippen LogP contribution in [0.3, 0.4) is 0 Å². The molecule has 2 N–H and O–H groups in total. The molecule has 132 valence electrons. The van der Waals surface area contributed by atoms with Crippen molar-refractivity contribution in [3.63, 3.8) is 0 Å². The molecule has 0 spiro atoms. The topological polar surface area (TPSA) is 48.9 Å². The van der Waals surface area contributed by atoms with Gasteiger partial charge in [0, 0.05) is 46.5 Å². The fraction of sp³-hybridized carbons (Fsp3) is 0.588. The molecule has 1 rings (SSSR count). The van der Waals surface area contributed by atoms with Gasteiger partial charge in [0.25, 0.3) is 0 Å². The van der Waals surface area contributed by atoms with Gasteiger partial charge in [-0.1, -0.05) is 12.1 Å². The number of ether oxygens (including phenoxy) is 1. The lowest BCUT2D eigenvalue weighted by Gasteiger charge is -2.13. The monoisotopic (exact) mass is 434 g/mol. The Kier molecular flexibility index (Phi) is 12.8. The fourth-order valence-corrected chi connectivity index (χ4v) is 2.07. The van der Waals surface area contributed by atoms with E-state index in [4.69, 9.17) is 4.74 Å². The smallest absolute Gasteiger partial charge is 0.191 e. The van der Waals surface area contributed by atoms with Crippen molar-refractivity contribution in [3.05, 3.63) is 29.8 Å². The minimum Gasteiger partial charge on any atom is -0.380 e. The van der Waals surface area contributed by atoms with Gasteiger partial charge in [-0.2, -0.15) is 0 Å². The van der Waals surface area contributed by atoms with E-state index in [2.05, 4.69) is 58.9 Å². The number of benzene rings is 1. The average Bonchev–Trinajstić information content (AvgIpc) is 2.53. The number of hydrogen-bond donors (Lipinski definition) is 2. The van der Waals surface area contributed by atoms with E-state index >= 15 is 0 Å². The van der Waals surface area contributed by atoms with Crippen LogP contribution in [0.2, 0.25) is 0 Å². The molecule has 0 saturated heterocycles. The van der Waals surface area contributed by atoms with Crippen molar-refractivity contribution in [2.24, 2.45) is 4.99 Å². The number of guanidine groups is 1. The Morgan fingerprint density at radius 3 is 2.35 bits per heavy atom. The van der Waals surface area contributed by atoms with E-state index in [1.807, 2.05) is 6.92 Å². The van der Waals surface area contributed by atoms with Gasteiger partial charge in [-0.05, 0) is 37.5 Å². The summed E-state index contributed by atoms with van der Waals surface area (Å²) in [4.78, 5) is 6.31. The van der Waals surface area contributed by atoms with Crippen molar-refractivity contribution in [3.8, 4) is 0 Å². The van der Waals surface area contributed by atoms with Crippen LogP contribution in [0, 0.1) is 0 Å². The standard InChI is InChI=1S/C17H30N4O.HI/c1-5-22-14-13-20-17(18-2)19-12-6-7-15-8-10-16(11-9-15)21(3)4;/h8-11H,5-7,12-14H2,1-4H3,(H2,18,19,20);1H. The van der Waals surface area contributed by atoms with E-state index in [1.54, 1.807) is 7.05 Å². The number of anilines is 1. The molecule has 0 unspecified atom stereocenters. The number of aliphatic imine (C=N–C) groups is 1. The van der Waals surface area contributed by atoms with Crippen molar-refractivity contribution >= 4 is 35.6 Å². The Bertz CT molecular complexity index is 435. The number of nitrogens with zero attached hydrogens (tertiary/aromatic N) is 2. The normalized spacial score (nSPS) is 10.9. The van der Waals surface area contributed by atoms with Crippen LogP contribution in [-0.2, 0) is 11.2 Å². The largest absolute Gasteiger partial charge is 0.380 e. The summed E-state index contributed by atoms with van der Waals surface area (Å²) < 4.78 is 5.29. The zero-order valence-corrected chi connectivity index (χ0v) is 17.1. The van der Waals surface area contributed by atoms with Gasteiger partial charge in [0.1, 0.15) is 0 Å². The molecule has 0 heterocycles. The predicted octanol–water partition coefficient (Wildman–Crippen LogP) is 2.50. The van der Waals surface area contributed by atoms with Gasteiger partial charge in [0.2, 0.25) is 0 Å². The number of hydrogen-bond acceptors (Lipinski definition) is 3. The Labute approximate surface area is 157 Å². The van der Waals surface area contributed by atoms with Gasteiger partial charge in [-0.3, -0.25) is 4.99 Å². The molecule has 0 amide bonds. The van der Waals surface area contributed by atoms with Gasteiger partial charge in [0.05, 0.1) is 6.61 Å². The number of aryl methyl sites for hydroxylation is 1. The molecule has 6 heteroatoms. The summed E-state index contributed by atoms with van der Waals surface area (Å²) in [6.45, 7) is 5.14. The quantitative estimate of drug-likeness (QED) is 0.272. The Morgan fingerprint density at radius 2 is 1.78 bits per heavy atom. The van der Waals surface area contributed by atoms with E-state index in [0.29, 0.717) is 6.61 Å². The molecule has 0 aliphatic heterocycles. The third-order valence-electron chi connectivity index (χ3n) is 3.35. The third kappa shape index (κ3) is 9.65. The second-order valence-corrected chi connectivity index (χ2v) is 5.29. The van der Waals surface area contributed by atoms with Gasteiger partial charge in [0.15, 0.2) is 5.96 Å². The highest BCUT2D eigenvalue weighted by atomic mass is 127. The van der Waals surface area contributed by atoms with Crippen molar-refractivity contribution in [1.82, 2.24) is 10.6 Å². The minimum atomic E-state index is 0. The summed E-state index contributed by atoms with van der Waals surface area (Å²) in [5, 5.41) is 6.55. The van der Waals surface area contributed by atoms with Crippen molar-refractivity contribution < 1.29 is 4.74 Å². The maximum Gasteiger partial charge on any atom is 0.191 e. The van der Waals surface area contributed by atoms with Gasteiger partial charge in [-0.15, -0.1) is 24.0 Å². The van der Waals surface area contributed by atoms with Crippen LogP contribution in [0.15, 0.2) is 29.3 Å². The van der Waals surface area contributed by atoms with Crippen LogP contribution in [0.1, 0.15) is 18.9 Å². The summed E-state index contributed by atoms with van der Waals surface area (Å²) in [6.07, 6.45) is 2.14.